The van der Waals surface area contributed by atoms with Crippen LogP contribution in [-0.4, -0.2) is 24.3 Å². The Kier molecular flexibility index (Phi) is 4.55. The normalized spacial score (nSPS) is 21.9. The van der Waals surface area contributed by atoms with Crippen LogP contribution in [0, 0.1) is 11.7 Å². The monoisotopic (exact) mass is 317 g/mol. The van der Waals surface area contributed by atoms with Gasteiger partial charge in [0.1, 0.15) is 12.1 Å². The van der Waals surface area contributed by atoms with E-state index >= 15 is 0 Å². The third-order valence-electron chi connectivity index (χ3n) is 4.24. The average Bonchev–Trinajstić information content (AvgIpc) is 2.94. The van der Waals surface area contributed by atoms with Crippen LogP contribution >= 0.6 is 11.6 Å². The largest absolute Gasteiger partial charge is 0.303 e. The number of carbonyl (C=O) groups is 1. The van der Waals surface area contributed by atoms with Gasteiger partial charge in [-0.25, -0.2) is 4.39 Å². The second-order valence-corrected chi connectivity index (χ2v) is 6.17. The predicted molar refractivity (Wildman–Crippen MR) is 85.4 cm³/mol. The van der Waals surface area contributed by atoms with Gasteiger partial charge in [0.05, 0.1) is 5.02 Å². The number of hydrogen-bond donors (Lipinski definition) is 0. The molecule has 114 valence electrons. The molecule has 1 aliphatic heterocycles. The molecular weight excluding hydrogens is 301 g/mol. The van der Waals surface area contributed by atoms with Gasteiger partial charge >= 0.3 is 0 Å². The van der Waals surface area contributed by atoms with Gasteiger partial charge in [-0.1, -0.05) is 48.0 Å². The van der Waals surface area contributed by atoms with E-state index in [1.54, 1.807) is 6.07 Å². The standard InChI is InChI=1S/C18H17ClFNO/c19-17-7-6-14(8-18(17)20)16-11-21(10-15(16)12-22)9-13-4-2-1-3-5-13/h1-8,12,15-16H,9-11H2/t15-,16-/m0/s1. The molecule has 1 saturated heterocycles. The van der Waals surface area contributed by atoms with Crippen molar-refractivity contribution < 1.29 is 9.18 Å². The van der Waals surface area contributed by atoms with Gasteiger partial charge in [0.15, 0.2) is 0 Å². The maximum Gasteiger partial charge on any atom is 0.142 e. The first-order valence-corrected chi connectivity index (χ1v) is 7.71. The van der Waals surface area contributed by atoms with E-state index in [0.717, 1.165) is 24.9 Å². The first-order valence-electron chi connectivity index (χ1n) is 7.34. The Bertz CT molecular complexity index is 661. The molecule has 0 saturated carbocycles. The first-order chi connectivity index (χ1) is 10.7. The zero-order valence-corrected chi connectivity index (χ0v) is 12.8. The summed E-state index contributed by atoms with van der Waals surface area (Å²) in [7, 11) is 0. The Balaban J connectivity index is 1.77. The molecule has 1 heterocycles. The Hall–Kier alpha value is -1.71. The predicted octanol–water partition coefficient (Wildman–Crippen LogP) is 3.89. The molecule has 0 aromatic heterocycles. The van der Waals surface area contributed by atoms with E-state index in [2.05, 4.69) is 17.0 Å². The molecule has 0 bridgehead atoms. The second kappa shape index (κ2) is 6.59. The highest BCUT2D eigenvalue weighted by Gasteiger charge is 2.33. The summed E-state index contributed by atoms with van der Waals surface area (Å²) in [6.45, 7) is 2.25. The van der Waals surface area contributed by atoms with Gasteiger partial charge in [-0.3, -0.25) is 4.90 Å². The molecular formula is C18H17ClFNO. The topological polar surface area (TPSA) is 20.3 Å². The highest BCUT2D eigenvalue weighted by atomic mass is 35.5. The Morgan fingerprint density at radius 1 is 1.18 bits per heavy atom. The number of benzene rings is 2. The van der Waals surface area contributed by atoms with Crippen LogP contribution in [0.15, 0.2) is 48.5 Å². The van der Waals surface area contributed by atoms with E-state index < -0.39 is 5.82 Å². The molecule has 4 heteroatoms. The molecule has 0 unspecified atom stereocenters. The molecule has 0 radical (unpaired) electrons. The van der Waals surface area contributed by atoms with Crippen LogP contribution in [0.5, 0.6) is 0 Å². The number of hydrogen-bond acceptors (Lipinski definition) is 2. The van der Waals surface area contributed by atoms with E-state index in [1.165, 1.54) is 11.6 Å². The first kappa shape index (κ1) is 15.2. The van der Waals surface area contributed by atoms with Crippen molar-refractivity contribution in [1.29, 1.82) is 0 Å². The average molecular weight is 318 g/mol. The lowest BCUT2D eigenvalue weighted by Crippen LogP contribution is -2.20. The maximum atomic E-state index is 13.7. The summed E-state index contributed by atoms with van der Waals surface area (Å²) in [5, 5.41) is 0.116. The highest BCUT2D eigenvalue weighted by molar-refractivity contribution is 6.30. The number of rotatable bonds is 4. The minimum absolute atomic E-state index is 0.0213. The third kappa shape index (κ3) is 3.21. The van der Waals surface area contributed by atoms with Crippen LogP contribution in [0.4, 0.5) is 4.39 Å². The van der Waals surface area contributed by atoms with E-state index in [0.29, 0.717) is 6.54 Å². The van der Waals surface area contributed by atoms with Gasteiger partial charge in [-0.15, -0.1) is 0 Å². The van der Waals surface area contributed by atoms with Gasteiger partial charge in [-0.2, -0.15) is 0 Å². The SMILES string of the molecule is O=C[C@@H]1CN(Cc2ccccc2)C[C@H]1c1ccc(Cl)c(F)c1. The number of carbonyl (C=O) groups excluding carboxylic acids is 1. The summed E-state index contributed by atoms with van der Waals surface area (Å²) in [6, 6.07) is 15.0. The molecule has 2 nitrogen and oxygen atoms in total. The minimum atomic E-state index is -0.426. The number of likely N-dealkylation sites (tertiary alicyclic amines) is 1. The third-order valence-corrected chi connectivity index (χ3v) is 4.54. The van der Waals surface area contributed by atoms with Crippen molar-refractivity contribution in [2.24, 2.45) is 5.92 Å². The lowest BCUT2D eigenvalue weighted by Gasteiger charge is -2.16. The van der Waals surface area contributed by atoms with Crippen LogP contribution in [-0.2, 0) is 11.3 Å². The van der Waals surface area contributed by atoms with Gasteiger partial charge in [0.25, 0.3) is 0 Å². The quantitative estimate of drug-likeness (QED) is 0.797. The van der Waals surface area contributed by atoms with Crippen molar-refractivity contribution >= 4 is 17.9 Å². The van der Waals surface area contributed by atoms with Gasteiger partial charge < -0.3 is 4.79 Å². The summed E-state index contributed by atoms with van der Waals surface area (Å²) in [6.07, 6.45) is 0.988. The van der Waals surface area contributed by atoms with Gasteiger partial charge in [-0.05, 0) is 23.3 Å². The molecule has 2 atom stereocenters. The molecule has 2 aromatic carbocycles. The van der Waals surface area contributed by atoms with Gasteiger partial charge in [0, 0.05) is 31.5 Å². The fourth-order valence-corrected chi connectivity index (χ4v) is 3.24. The van der Waals surface area contributed by atoms with E-state index in [9.17, 15) is 9.18 Å². The molecule has 2 aromatic rings. The molecule has 0 amide bonds. The lowest BCUT2D eigenvalue weighted by molar-refractivity contribution is -0.111. The van der Waals surface area contributed by atoms with Crippen LogP contribution in [0.2, 0.25) is 5.02 Å². The van der Waals surface area contributed by atoms with Crippen molar-refractivity contribution in [3.63, 3.8) is 0 Å². The van der Waals surface area contributed by atoms with Crippen LogP contribution in [0.3, 0.4) is 0 Å². The van der Waals surface area contributed by atoms with E-state index in [4.69, 9.17) is 11.6 Å². The molecule has 0 N–H and O–H groups in total. The molecule has 0 aliphatic carbocycles. The molecule has 1 aliphatic rings. The summed E-state index contributed by atoms with van der Waals surface area (Å²) >= 11 is 5.74. The zero-order valence-electron chi connectivity index (χ0n) is 12.1. The Labute approximate surface area is 134 Å². The minimum Gasteiger partial charge on any atom is -0.303 e. The van der Waals surface area contributed by atoms with Crippen LogP contribution in [0.25, 0.3) is 0 Å². The zero-order chi connectivity index (χ0) is 15.5. The second-order valence-electron chi connectivity index (χ2n) is 5.76. The lowest BCUT2D eigenvalue weighted by atomic mass is 9.90. The van der Waals surface area contributed by atoms with Crippen molar-refractivity contribution in [1.82, 2.24) is 4.90 Å². The summed E-state index contributed by atoms with van der Waals surface area (Å²) in [5.74, 6) is -0.511. The van der Waals surface area contributed by atoms with Crippen molar-refractivity contribution in [3.8, 4) is 0 Å². The molecule has 3 rings (SSSR count). The fraction of sp³-hybridized carbons (Fsp3) is 0.278. The fourth-order valence-electron chi connectivity index (χ4n) is 3.12. The van der Waals surface area contributed by atoms with Crippen molar-refractivity contribution in [2.75, 3.05) is 13.1 Å². The summed E-state index contributed by atoms with van der Waals surface area (Å²) < 4.78 is 13.7. The highest BCUT2D eigenvalue weighted by Crippen LogP contribution is 2.33. The smallest absolute Gasteiger partial charge is 0.142 e. The molecule has 0 spiro atoms. The van der Waals surface area contributed by atoms with Gasteiger partial charge in [0.2, 0.25) is 0 Å². The Morgan fingerprint density at radius 3 is 2.64 bits per heavy atom. The molecule has 1 fully saturated rings. The molecule has 22 heavy (non-hydrogen) atoms. The summed E-state index contributed by atoms with van der Waals surface area (Å²) in [4.78, 5) is 13.6. The Morgan fingerprint density at radius 2 is 1.95 bits per heavy atom. The number of nitrogens with zero attached hydrogens (tertiary/aromatic N) is 1. The number of aldehydes is 1. The van der Waals surface area contributed by atoms with Crippen molar-refractivity contribution in [2.45, 2.75) is 12.5 Å². The van der Waals surface area contributed by atoms with Crippen LogP contribution in [0.1, 0.15) is 17.0 Å². The number of halogens is 2. The maximum absolute atomic E-state index is 13.7. The van der Waals surface area contributed by atoms with E-state index in [1.807, 2.05) is 24.3 Å². The van der Waals surface area contributed by atoms with Crippen LogP contribution < -0.4 is 0 Å². The van der Waals surface area contributed by atoms with E-state index in [-0.39, 0.29) is 16.9 Å². The van der Waals surface area contributed by atoms with Crippen molar-refractivity contribution in [3.05, 3.63) is 70.5 Å². The summed E-state index contributed by atoms with van der Waals surface area (Å²) in [5.41, 5.74) is 2.06.